The number of carbonyl (C=O) groups is 1. The van der Waals surface area contributed by atoms with Crippen molar-refractivity contribution in [2.24, 2.45) is 17.9 Å². The summed E-state index contributed by atoms with van der Waals surface area (Å²) in [5, 5.41) is 4.30. The number of hydrogen-bond acceptors (Lipinski definition) is 6. The SMILES string of the molecule is CCN1CC[C@@]2(CN(c3ncccn3)CC23CCN(Cc2cnn(C)c2)CC3)C1=O. The standard InChI is InChI=1S/C22H31N7O/c1-3-28-12-7-22(19(28)30)17-29(20-23-8-4-9-24-20)16-21(22)5-10-27(11-6-21)15-18-13-25-26(2)14-18/h4,8-9,13-14H,3,5-7,10-12,15-17H2,1-2H3/t22-/m1/s1. The molecule has 0 radical (unpaired) electrons. The number of hydrogen-bond donors (Lipinski definition) is 0. The molecule has 8 nitrogen and oxygen atoms in total. The van der Waals surface area contributed by atoms with Crippen LogP contribution in [0.5, 0.6) is 0 Å². The minimum atomic E-state index is -0.303. The first kappa shape index (κ1) is 19.5. The molecule has 0 saturated carbocycles. The molecule has 1 amide bonds. The number of anilines is 1. The van der Waals surface area contributed by atoms with Gasteiger partial charge in [-0.3, -0.25) is 14.4 Å². The fraction of sp³-hybridized carbons (Fsp3) is 0.636. The molecule has 3 fully saturated rings. The van der Waals surface area contributed by atoms with Crippen molar-refractivity contribution in [3.05, 3.63) is 36.4 Å². The summed E-state index contributed by atoms with van der Waals surface area (Å²) < 4.78 is 1.86. The lowest BCUT2D eigenvalue weighted by atomic mass is 9.60. The molecule has 1 atom stereocenters. The van der Waals surface area contributed by atoms with Gasteiger partial charge in [0.1, 0.15) is 0 Å². The number of nitrogens with zero attached hydrogens (tertiary/aromatic N) is 7. The van der Waals surface area contributed by atoms with Crippen LogP contribution in [0.1, 0.15) is 31.7 Å². The second-order valence-corrected chi connectivity index (χ2v) is 9.20. The monoisotopic (exact) mass is 409 g/mol. The van der Waals surface area contributed by atoms with Crippen LogP contribution in [0.2, 0.25) is 0 Å². The summed E-state index contributed by atoms with van der Waals surface area (Å²) in [7, 11) is 1.96. The molecule has 0 unspecified atom stereocenters. The van der Waals surface area contributed by atoms with Crippen molar-refractivity contribution >= 4 is 11.9 Å². The van der Waals surface area contributed by atoms with E-state index in [2.05, 4.69) is 42.9 Å². The molecule has 0 N–H and O–H groups in total. The maximum atomic E-state index is 13.6. The van der Waals surface area contributed by atoms with Gasteiger partial charge in [0.2, 0.25) is 11.9 Å². The molecule has 0 bridgehead atoms. The van der Waals surface area contributed by atoms with Gasteiger partial charge in [-0.05, 0) is 45.3 Å². The third-order valence-corrected chi connectivity index (χ3v) is 7.67. The fourth-order valence-electron chi connectivity index (χ4n) is 6.03. The highest BCUT2D eigenvalue weighted by molar-refractivity contribution is 5.87. The molecule has 5 rings (SSSR count). The highest BCUT2D eigenvalue weighted by Gasteiger charge is 2.65. The molecule has 2 spiro atoms. The Morgan fingerprint density at radius 1 is 1.07 bits per heavy atom. The van der Waals surface area contributed by atoms with Crippen LogP contribution in [-0.2, 0) is 18.4 Å². The van der Waals surface area contributed by atoms with Crippen LogP contribution < -0.4 is 4.90 Å². The lowest BCUT2D eigenvalue weighted by Gasteiger charge is -2.46. The Morgan fingerprint density at radius 2 is 1.83 bits per heavy atom. The Labute approximate surface area is 177 Å². The van der Waals surface area contributed by atoms with Crippen LogP contribution in [0.3, 0.4) is 0 Å². The maximum Gasteiger partial charge on any atom is 0.231 e. The number of piperidine rings is 1. The van der Waals surface area contributed by atoms with E-state index in [0.717, 1.165) is 71.0 Å². The van der Waals surface area contributed by atoms with E-state index in [1.165, 1.54) is 5.56 Å². The number of amides is 1. The van der Waals surface area contributed by atoms with Crippen LogP contribution in [0, 0.1) is 10.8 Å². The van der Waals surface area contributed by atoms with Gasteiger partial charge >= 0.3 is 0 Å². The second kappa shape index (κ2) is 7.34. The summed E-state index contributed by atoms with van der Waals surface area (Å²) in [5.41, 5.74) is 0.948. The van der Waals surface area contributed by atoms with E-state index >= 15 is 0 Å². The van der Waals surface area contributed by atoms with Gasteiger partial charge in [-0.15, -0.1) is 0 Å². The van der Waals surface area contributed by atoms with E-state index in [4.69, 9.17) is 0 Å². The zero-order chi connectivity index (χ0) is 20.8. The number of fused-ring (bicyclic) bond motifs is 1. The summed E-state index contributed by atoms with van der Waals surface area (Å²) in [6.07, 6.45) is 10.7. The third kappa shape index (κ3) is 3.00. The first-order chi connectivity index (χ1) is 14.6. The molecule has 5 heterocycles. The van der Waals surface area contributed by atoms with Crippen molar-refractivity contribution < 1.29 is 4.79 Å². The van der Waals surface area contributed by atoms with Crippen molar-refractivity contribution in [2.45, 2.75) is 32.7 Å². The van der Waals surface area contributed by atoms with E-state index in [-0.39, 0.29) is 10.8 Å². The average molecular weight is 410 g/mol. The molecule has 30 heavy (non-hydrogen) atoms. The van der Waals surface area contributed by atoms with Gasteiger partial charge in [-0.25, -0.2) is 9.97 Å². The highest BCUT2D eigenvalue weighted by atomic mass is 16.2. The Bertz CT molecular complexity index is 905. The van der Waals surface area contributed by atoms with Gasteiger partial charge in [0, 0.05) is 69.3 Å². The lowest BCUT2D eigenvalue weighted by Crippen LogP contribution is -2.52. The number of aromatic nitrogens is 4. The molecule has 0 aromatic carbocycles. The summed E-state index contributed by atoms with van der Waals surface area (Å²) >= 11 is 0. The van der Waals surface area contributed by atoms with Crippen LogP contribution in [0.25, 0.3) is 0 Å². The minimum absolute atomic E-state index is 0.00135. The topological polar surface area (TPSA) is 70.4 Å². The molecular formula is C22H31N7O. The number of likely N-dealkylation sites (tertiary alicyclic amines) is 2. The van der Waals surface area contributed by atoms with Gasteiger partial charge in [-0.2, -0.15) is 5.10 Å². The van der Waals surface area contributed by atoms with Crippen molar-refractivity contribution in [1.82, 2.24) is 29.5 Å². The minimum Gasteiger partial charge on any atom is -0.342 e. The maximum absolute atomic E-state index is 13.6. The molecule has 3 aliphatic heterocycles. The molecule has 2 aromatic rings. The third-order valence-electron chi connectivity index (χ3n) is 7.67. The summed E-state index contributed by atoms with van der Waals surface area (Å²) in [5.74, 6) is 1.11. The van der Waals surface area contributed by atoms with Gasteiger partial charge in [0.15, 0.2) is 0 Å². The highest BCUT2D eigenvalue weighted by Crippen LogP contribution is 2.58. The van der Waals surface area contributed by atoms with E-state index in [0.29, 0.717) is 5.91 Å². The van der Waals surface area contributed by atoms with Crippen LogP contribution in [0.15, 0.2) is 30.9 Å². The first-order valence-electron chi connectivity index (χ1n) is 11.1. The number of aryl methyl sites for hydroxylation is 1. The zero-order valence-corrected chi connectivity index (χ0v) is 18.0. The molecule has 160 valence electrons. The van der Waals surface area contributed by atoms with E-state index in [1.807, 2.05) is 24.0 Å². The van der Waals surface area contributed by atoms with Crippen molar-refractivity contribution in [3.63, 3.8) is 0 Å². The summed E-state index contributed by atoms with van der Waals surface area (Å²) in [4.78, 5) is 29.5. The largest absolute Gasteiger partial charge is 0.342 e. The Morgan fingerprint density at radius 3 is 2.47 bits per heavy atom. The average Bonchev–Trinajstić information content (AvgIpc) is 3.42. The molecule has 8 heteroatoms. The van der Waals surface area contributed by atoms with Crippen molar-refractivity contribution in [2.75, 3.05) is 44.2 Å². The van der Waals surface area contributed by atoms with Gasteiger partial charge in [0.25, 0.3) is 0 Å². The van der Waals surface area contributed by atoms with Crippen LogP contribution in [0.4, 0.5) is 5.95 Å². The van der Waals surface area contributed by atoms with Gasteiger partial charge < -0.3 is 9.80 Å². The molecule has 0 aliphatic carbocycles. The van der Waals surface area contributed by atoms with E-state index in [9.17, 15) is 4.79 Å². The van der Waals surface area contributed by atoms with Crippen LogP contribution >= 0.6 is 0 Å². The molecule has 3 saturated heterocycles. The van der Waals surface area contributed by atoms with Crippen molar-refractivity contribution in [3.8, 4) is 0 Å². The zero-order valence-electron chi connectivity index (χ0n) is 18.0. The van der Waals surface area contributed by atoms with Gasteiger partial charge in [-0.1, -0.05) is 0 Å². The Hall–Kier alpha value is -2.48. The van der Waals surface area contributed by atoms with Gasteiger partial charge in [0.05, 0.1) is 11.6 Å². The number of rotatable bonds is 4. The lowest BCUT2D eigenvalue weighted by molar-refractivity contribution is -0.142. The smallest absolute Gasteiger partial charge is 0.231 e. The number of carbonyl (C=O) groups excluding carboxylic acids is 1. The van der Waals surface area contributed by atoms with E-state index < -0.39 is 0 Å². The summed E-state index contributed by atoms with van der Waals surface area (Å²) in [6.45, 7) is 8.34. The fourth-order valence-corrected chi connectivity index (χ4v) is 6.03. The second-order valence-electron chi connectivity index (χ2n) is 9.20. The first-order valence-corrected chi connectivity index (χ1v) is 11.1. The molecule has 3 aliphatic rings. The summed E-state index contributed by atoms with van der Waals surface area (Å²) in [6, 6.07) is 1.85. The quantitative estimate of drug-likeness (QED) is 0.763. The normalized spacial score (nSPS) is 26.4. The Kier molecular flexibility index (Phi) is 4.76. The van der Waals surface area contributed by atoms with E-state index in [1.54, 1.807) is 12.4 Å². The molecule has 2 aromatic heterocycles. The Balaban J connectivity index is 1.39. The van der Waals surface area contributed by atoms with Crippen LogP contribution in [-0.4, -0.2) is 74.7 Å². The predicted octanol–water partition coefficient (Wildman–Crippen LogP) is 1.55. The predicted molar refractivity (Wildman–Crippen MR) is 114 cm³/mol. The molecular weight excluding hydrogens is 378 g/mol. The van der Waals surface area contributed by atoms with Crippen molar-refractivity contribution in [1.29, 1.82) is 0 Å².